The molecule has 0 aliphatic heterocycles. The monoisotopic (exact) mass is 390 g/mol. The Morgan fingerprint density at radius 2 is 1.64 bits per heavy atom. The lowest BCUT2D eigenvalue weighted by Crippen LogP contribution is -2.24. The van der Waals surface area contributed by atoms with Crippen LogP contribution in [0.4, 0.5) is 5.69 Å². The van der Waals surface area contributed by atoms with E-state index in [1.807, 2.05) is 73.7 Å². The lowest BCUT2D eigenvalue weighted by molar-refractivity contribution is -0.118. The van der Waals surface area contributed by atoms with E-state index in [0.717, 1.165) is 21.7 Å². The van der Waals surface area contributed by atoms with Crippen LogP contribution in [0.3, 0.4) is 0 Å². The zero-order chi connectivity index (χ0) is 19.8. The fourth-order valence-corrected chi connectivity index (χ4v) is 3.52. The van der Waals surface area contributed by atoms with Crippen LogP contribution in [-0.2, 0) is 11.3 Å². The first kappa shape index (κ1) is 19.7. The first-order valence-electron chi connectivity index (χ1n) is 9.02. The van der Waals surface area contributed by atoms with E-state index in [1.165, 1.54) is 11.8 Å². The number of aryl methyl sites for hydroxylation is 1. The molecule has 0 spiro atoms. The third-order valence-electron chi connectivity index (χ3n) is 4.16. The third kappa shape index (κ3) is 5.72. The minimum Gasteiger partial charge on any atom is -0.351 e. The quantitative estimate of drug-likeness (QED) is 0.577. The maximum Gasteiger partial charge on any atom is 0.255 e. The van der Waals surface area contributed by atoms with Gasteiger partial charge in [0.05, 0.1) is 5.75 Å². The highest BCUT2D eigenvalue weighted by Crippen LogP contribution is 2.21. The summed E-state index contributed by atoms with van der Waals surface area (Å²) in [6, 6.07) is 24.6. The summed E-state index contributed by atoms with van der Waals surface area (Å²) in [4.78, 5) is 25.7. The van der Waals surface area contributed by atoms with Crippen molar-refractivity contribution in [3.05, 3.63) is 95.6 Å². The third-order valence-corrected chi connectivity index (χ3v) is 5.34. The van der Waals surface area contributed by atoms with Gasteiger partial charge in [-0.2, -0.15) is 0 Å². The largest absolute Gasteiger partial charge is 0.351 e. The van der Waals surface area contributed by atoms with Gasteiger partial charge in [-0.25, -0.2) is 0 Å². The molecule has 0 radical (unpaired) electrons. The van der Waals surface area contributed by atoms with Crippen molar-refractivity contribution in [2.45, 2.75) is 18.4 Å². The molecule has 4 nitrogen and oxygen atoms in total. The Balaban J connectivity index is 1.52. The Bertz CT molecular complexity index is 958. The Hall–Kier alpha value is -3.05. The number of para-hydroxylation sites is 1. The number of thioether (sulfide) groups is 1. The molecule has 2 amide bonds. The number of nitrogens with one attached hydrogen (secondary N) is 2. The van der Waals surface area contributed by atoms with Crippen molar-refractivity contribution in [2.75, 3.05) is 11.1 Å². The molecule has 0 aliphatic rings. The van der Waals surface area contributed by atoms with E-state index in [-0.39, 0.29) is 11.8 Å². The van der Waals surface area contributed by atoms with Crippen LogP contribution in [0.2, 0.25) is 0 Å². The van der Waals surface area contributed by atoms with Crippen LogP contribution in [-0.4, -0.2) is 17.6 Å². The number of anilines is 1. The number of carbonyl (C=O) groups is 2. The van der Waals surface area contributed by atoms with Gasteiger partial charge in [0, 0.05) is 22.7 Å². The van der Waals surface area contributed by atoms with Crippen molar-refractivity contribution >= 4 is 29.3 Å². The van der Waals surface area contributed by atoms with Crippen LogP contribution in [0.15, 0.2) is 83.8 Å². The van der Waals surface area contributed by atoms with Crippen LogP contribution in [0.25, 0.3) is 0 Å². The van der Waals surface area contributed by atoms with E-state index in [4.69, 9.17) is 0 Å². The molecule has 5 heteroatoms. The standard InChI is InChI=1S/C23H22N2O2S/c1-17-8-5-6-13-21(17)28-16-22(26)24-15-18-9-7-10-19(14-18)23(27)25-20-11-3-2-4-12-20/h2-14H,15-16H2,1H3,(H,24,26)(H,25,27). The summed E-state index contributed by atoms with van der Waals surface area (Å²) in [5.74, 6) is 0.154. The molecule has 0 aliphatic carbocycles. The van der Waals surface area contributed by atoms with E-state index in [9.17, 15) is 9.59 Å². The molecule has 0 bridgehead atoms. The number of hydrogen-bond acceptors (Lipinski definition) is 3. The first-order chi connectivity index (χ1) is 13.6. The summed E-state index contributed by atoms with van der Waals surface area (Å²) in [6.07, 6.45) is 0. The van der Waals surface area contributed by atoms with Crippen LogP contribution >= 0.6 is 11.8 Å². The maximum atomic E-state index is 12.4. The molecule has 0 atom stereocenters. The minimum absolute atomic E-state index is 0.0348. The molecule has 0 saturated heterocycles. The molecule has 0 saturated carbocycles. The number of hydrogen-bond donors (Lipinski definition) is 2. The van der Waals surface area contributed by atoms with Gasteiger partial charge in [-0.1, -0.05) is 48.5 Å². The van der Waals surface area contributed by atoms with Gasteiger partial charge in [-0.3, -0.25) is 9.59 Å². The first-order valence-corrected chi connectivity index (χ1v) is 10.0. The van der Waals surface area contributed by atoms with Gasteiger partial charge >= 0.3 is 0 Å². The summed E-state index contributed by atoms with van der Waals surface area (Å²) in [7, 11) is 0. The van der Waals surface area contributed by atoms with Crippen LogP contribution in [0.5, 0.6) is 0 Å². The molecular formula is C23H22N2O2S. The highest BCUT2D eigenvalue weighted by atomic mass is 32.2. The number of carbonyl (C=O) groups excluding carboxylic acids is 2. The fraction of sp³-hybridized carbons (Fsp3) is 0.130. The summed E-state index contributed by atoms with van der Waals surface area (Å²) >= 11 is 1.52. The Morgan fingerprint density at radius 1 is 0.893 bits per heavy atom. The SMILES string of the molecule is Cc1ccccc1SCC(=O)NCc1cccc(C(=O)Nc2ccccc2)c1. The zero-order valence-electron chi connectivity index (χ0n) is 15.6. The highest BCUT2D eigenvalue weighted by Gasteiger charge is 2.08. The van der Waals surface area contributed by atoms with Gasteiger partial charge in [0.1, 0.15) is 0 Å². The highest BCUT2D eigenvalue weighted by molar-refractivity contribution is 8.00. The summed E-state index contributed by atoms with van der Waals surface area (Å²) in [5.41, 5.74) is 3.36. The van der Waals surface area contributed by atoms with E-state index in [0.29, 0.717) is 17.9 Å². The Morgan fingerprint density at radius 3 is 2.43 bits per heavy atom. The molecule has 3 aromatic carbocycles. The number of amides is 2. The van der Waals surface area contributed by atoms with E-state index >= 15 is 0 Å². The number of rotatable bonds is 7. The van der Waals surface area contributed by atoms with E-state index < -0.39 is 0 Å². The molecule has 3 rings (SSSR count). The average Bonchev–Trinajstić information content (AvgIpc) is 2.72. The molecule has 142 valence electrons. The molecule has 2 N–H and O–H groups in total. The second kappa shape index (κ2) is 9.76. The molecule has 0 unspecified atom stereocenters. The van der Waals surface area contributed by atoms with Gasteiger partial charge in [-0.05, 0) is 48.4 Å². The van der Waals surface area contributed by atoms with Crippen LogP contribution in [0, 0.1) is 6.92 Å². The minimum atomic E-state index is -0.172. The van der Waals surface area contributed by atoms with Gasteiger partial charge < -0.3 is 10.6 Å². The normalized spacial score (nSPS) is 10.3. The zero-order valence-corrected chi connectivity index (χ0v) is 16.5. The van der Waals surface area contributed by atoms with Gasteiger partial charge in [0.2, 0.25) is 5.91 Å². The van der Waals surface area contributed by atoms with Crippen molar-refractivity contribution < 1.29 is 9.59 Å². The van der Waals surface area contributed by atoms with E-state index in [1.54, 1.807) is 12.1 Å². The fourth-order valence-electron chi connectivity index (χ4n) is 2.66. The molecule has 3 aromatic rings. The Kier molecular flexibility index (Phi) is 6.87. The van der Waals surface area contributed by atoms with Gasteiger partial charge in [-0.15, -0.1) is 11.8 Å². The maximum absolute atomic E-state index is 12.4. The number of benzene rings is 3. The summed E-state index contributed by atoms with van der Waals surface area (Å²) < 4.78 is 0. The predicted molar refractivity (Wildman–Crippen MR) is 115 cm³/mol. The Labute approximate surface area is 169 Å². The molecule has 28 heavy (non-hydrogen) atoms. The summed E-state index contributed by atoms with van der Waals surface area (Å²) in [5, 5.41) is 5.78. The molecule has 0 heterocycles. The lowest BCUT2D eigenvalue weighted by atomic mass is 10.1. The smallest absolute Gasteiger partial charge is 0.255 e. The van der Waals surface area contributed by atoms with Crippen molar-refractivity contribution in [3.63, 3.8) is 0 Å². The van der Waals surface area contributed by atoms with Gasteiger partial charge in [0.25, 0.3) is 5.91 Å². The van der Waals surface area contributed by atoms with E-state index in [2.05, 4.69) is 10.6 Å². The van der Waals surface area contributed by atoms with Crippen molar-refractivity contribution in [2.24, 2.45) is 0 Å². The average molecular weight is 391 g/mol. The topological polar surface area (TPSA) is 58.2 Å². The predicted octanol–water partition coefficient (Wildman–Crippen LogP) is 4.66. The van der Waals surface area contributed by atoms with Crippen LogP contribution < -0.4 is 10.6 Å². The van der Waals surface area contributed by atoms with Gasteiger partial charge in [0.15, 0.2) is 0 Å². The van der Waals surface area contributed by atoms with Crippen molar-refractivity contribution in [1.82, 2.24) is 5.32 Å². The lowest BCUT2D eigenvalue weighted by Gasteiger charge is -2.09. The molecule has 0 fully saturated rings. The molecular weight excluding hydrogens is 368 g/mol. The van der Waals surface area contributed by atoms with Crippen molar-refractivity contribution in [3.8, 4) is 0 Å². The second-order valence-corrected chi connectivity index (χ2v) is 7.37. The van der Waals surface area contributed by atoms with Crippen LogP contribution in [0.1, 0.15) is 21.5 Å². The molecule has 0 aromatic heterocycles. The summed E-state index contributed by atoms with van der Waals surface area (Å²) in [6.45, 7) is 2.42. The van der Waals surface area contributed by atoms with Crippen molar-refractivity contribution in [1.29, 1.82) is 0 Å². The second-order valence-electron chi connectivity index (χ2n) is 6.35.